The van der Waals surface area contributed by atoms with Crippen molar-refractivity contribution < 1.29 is 0 Å². The largest absolute Gasteiger partial charge is 0.252 e. The highest BCUT2D eigenvalue weighted by Gasteiger charge is 2.12. The van der Waals surface area contributed by atoms with Crippen LogP contribution >= 0.6 is 0 Å². The Morgan fingerprint density at radius 2 is 0.411 bits per heavy atom. The lowest BCUT2D eigenvalue weighted by Crippen LogP contribution is -1.87. The Morgan fingerprint density at radius 1 is 0.196 bits per heavy atom. The molecule has 260 valence electrons. The van der Waals surface area contributed by atoms with Crippen LogP contribution in [0.2, 0.25) is 0 Å². The fourth-order valence-electron chi connectivity index (χ4n) is 9.02. The summed E-state index contributed by atoms with van der Waals surface area (Å²) in [5.41, 5.74) is 1.96. The Balaban J connectivity index is 0.0000000975. The number of hydrogen-bond acceptors (Lipinski definition) is 2. The first-order chi connectivity index (χ1) is 27.8. The van der Waals surface area contributed by atoms with Gasteiger partial charge in [-0.25, -0.2) is 0 Å². The van der Waals surface area contributed by atoms with Crippen molar-refractivity contribution in [3.05, 3.63) is 207 Å². The molecule has 2 nitrogen and oxygen atoms in total. The molecule has 0 N–H and O–H groups in total. The van der Waals surface area contributed by atoms with Gasteiger partial charge in [0.1, 0.15) is 0 Å². The van der Waals surface area contributed by atoms with Crippen molar-refractivity contribution >= 4 is 108 Å². The molecule has 56 heavy (non-hydrogen) atoms. The summed E-state index contributed by atoms with van der Waals surface area (Å²) in [7, 11) is 0. The molecular weight excluding hydrogens is 677 g/mol. The Bertz CT molecular complexity index is 2840. The highest BCUT2D eigenvalue weighted by atomic mass is 14.8. The third-order valence-electron chi connectivity index (χ3n) is 11.4. The quantitative estimate of drug-likeness (QED) is 0.116. The van der Waals surface area contributed by atoms with Crippen LogP contribution in [0, 0.1) is 0 Å². The predicted molar refractivity (Wildman–Crippen MR) is 241 cm³/mol. The second-order valence-corrected chi connectivity index (χ2v) is 14.4. The normalized spacial score (nSPS) is 11.6. The van der Waals surface area contributed by atoms with Crippen LogP contribution in [0.5, 0.6) is 0 Å². The molecule has 1 aromatic heterocycles. The zero-order valence-electron chi connectivity index (χ0n) is 30.5. The van der Waals surface area contributed by atoms with E-state index in [4.69, 9.17) is 0 Å². The summed E-state index contributed by atoms with van der Waals surface area (Å²) in [6.45, 7) is 0. The maximum absolute atomic E-state index is 4.50. The van der Waals surface area contributed by atoms with Gasteiger partial charge in [0.25, 0.3) is 0 Å². The minimum Gasteiger partial charge on any atom is -0.252 e. The van der Waals surface area contributed by atoms with Crippen LogP contribution in [-0.2, 0) is 0 Å². The molecule has 1 heterocycles. The van der Waals surface area contributed by atoms with Crippen LogP contribution in [0.1, 0.15) is 0 Å². The molecular formula is C54H34N2. The van der Waals surface area contributed by atoms with E-state index in [1.165, 1.54) is 97.0 Å². The highest BCUT2D eigenvalue weighted by molar-refractivity contribution is 6.33. The summed E-state index contributed by atoms with van der Waals surface area (Å²) >= 11 is 0. The van der Waals surface area contributed by atoms with Crippen molar-refractivity contribution in [2.24, 2.45) is 0 Å². The van der Waals surface area contributed by atoms with Crippen molar-refractivity contribution in [2.75, 3.05) is 0 Å². The molecule has 0 fully saturated rings. The lowest BCUT2D eigenvalue weighted by molar-refractivity contribution is 1.31. The standard InChI is InChI=1S/C20H12.C18H12.C16H10N2/c1-5-13-6-2-11-17-18-12-4-8-14-7-3-10-16(20(14)18)15(9-1)19(13)17;1-2-8-14-13(7-1)15-9-3-4-11-17(15)18-12-6-5-10-16(14)18;1-3-7-13-11(5-1)12-6-2-4-8-14(12)16-15(13)17-9-10-18-16/h1-12H;1-12H;1-10H. The Hall–Kier alpha value is -7.42. The number of rotatable bonds is 0. The van der Waals surface area contributed by atoms with Gasteiger partial charge < -0.3 is 0 Å². The van der Waals surface area contributed by atoms with Crippen LogP contribution in [0.25, 0.3) is 108 Å². The molecule has 0 amide bonds. The molecule has 13 rings (SSSR count). The highest BCUT2D eigenvalue weighted by Crippen LogP contribution is 2.40. The molecule has 0 saturated heterocycles. The van der Waals surface area contributed by atoms with E-state index >= 15 is 0 Å². The molecule has 0 aliphatic heterocycles. The lowest BCUT2D eigenvalue weighted by atomic mass is 9.90. The number of benzene rings is 12. The smallest absolute Gasteiger partial charge is 0.0971 e. The van der Waals surface area contributed by atoms with Crippen LogP contribution in [0.3, 0.4) is 0 Å². The maximum Gasteiger partial charge on any atom is 0.0971 e. The van der Waals surface area contributed by atoms with E-state index in [1.54, 1.807) is 12.4 Å². The minimum atomic E-state index is 0.979. The van der Waals surface area contributed by atoms with Gasteiger partial charge >= 0.3 is 0 Å². The summed E-state index contributed by atoms with van der Waals surface area (Å²) in [6.07, 6.45) is 3.51. The van der Waals surface area contributed by atoms with Gasteiger partial charge in [-0.05, 0) is 86.2 Å². The first-order valence-electron chi connectivity index (χ1n) is 19.2. The summed E-state index contributed by atoms with van der Waals surface area (Å²) in [6, 6.07) is 69.1. The molecule has 0 aliphatic rings. The molecule has 0 unspecified atom stereocenters. The number of nitrogens with zero attached hydrogens (tertiary/aromatic N) is 2. The number of aromatic nitrogens is 2. The van der Waals surface area contributed by atoms with Crippen LogP contribution in [0.4, 0.5) is 0 Å². The number of fused-ring (bicyclic) bond motifs is 14. The summed E-state index contributed by atoms with van der Waals surface area (Å²) in [5.74, 6) is 0. The van der Waals surface area contributed by atoms with Crippen molar-refractivity contribution in [2.45, 2.75) is 0 Å². The zero-order valence-corrected chi connectivity index (χ0v) is 30.5. The van der Waals surface area contributed by atoms with E-state index in [2.05, 4.69) is 192 Å². The molecule has 0 bridgehead atoms. The Labute approximate surface area is 323 Å². The Morgan fingerprint density at radius 3 is 0.679 bits per heavy atom. The molecule has 2 heteroatoms. The van der Waals surface area contributed by atoms with E-state index in [0.29, 0.717) is 0 Å². The van der Waals surface area contributed by atoms with Crippen molar-refractivity contribution in [3.63, 3.8) is 0 Å². The minimum absolute atomic E-state index is 0.979. The second-order valence-electron chi connectivity index (χ2n) is 14.4. The molecule has 13 aromatic rings. The topological polar surface area (TPSA) is 25.8 Å². The lowest BCUT2D eigenvalue weighted by Gasteiger charge is -2.13. The monoisotopic (exact) mass is 710 g/mol. The van der Waals surface area contributed by atoms with Crippen molar-refractivity contribution in [3.8, 4) is 0 Å². The SMILES string of the molecule is c1cc2cccc3c4cccc5cccc(c(c1)c23)c54.c1ccc2c(c1)c1ccccc1c1ccccc21.c1ccc2c(c1)c1ccccc1c1nccnc21. The fourth-order valence-corrected chi connectivity index (χ4v) is 9.02. The van der Waals surface area contributed by atoms with Gasteiger partial charge in [-0.15, -0.1) is 0 Å². The van der Waals surface area contributed by atoms with E-state index in [9.17, 15) is 0 Å². The first-order valence-corrected chi connectivity index (χ1v) is 19.2. The van der Waals surface area contributed by atoms with Gasteiger partial charge in [0.15, 0.2) is 0 Å². The average Bonchev–Trinajstić information content (AvgIpc) is 3.29. The van der Waals surface area contributed by atoms with Crippen molar-refractivity contribution in [1.29, 1.82) is 0 Å². The summed E-state index contributed by atoms with van der Waals surface area (Å²) < 4.78 is 0. The fraction of sp³-hybridized carbons (Fsp3) is 0. The van der Waals surface area contributed by atoms with E-state index in [1.807, 2.05) is 12.1 Å². The van der Waals surface area contributed by atoms with Gasteiger partial charge in [-0.3, -0.25) is 9.97 Å². The molecule has 12 aromatic carbocycles. The third kappa shape index (κ3) is 5.04. The van der Waals surface area contributed by atoms with Gasteiger partial charge in [-0.2, -0.15) is 0 Å². The first kappa shape index (κ1) is 32.0. The van der Waals surface area contributed by atoms with Gasteiger partial charge in [0.05, 0.1) is 11.0 Å². The second kappa shape index (κ2) is 13.2. The van der Waals surface area contributed by atoms with Crippen LogP contribution < -0.4 is 0 Å². The van der Waals surface area contributed by atoms with Gasteiger partial charge in [0.2, 0.25) is 0 Å². The molecule has 0 radical (unpaired) electrons. The van der Waals surface area contributed by atoms with Crippen LogP contribution in [0.15, 0.2) is 207 Å². The number of hydrogen-bond donors (Lipinski definition) is 0. The molecule has 0 aliphatic carbocycles. The molecule has 0 spiro atoms. The summed E-state index contributed by atoms with van der Waals surface area (Å²) in [5, 5.41) is 23.7. The van der Waals surface area contributed by atoms with E-state index in [0.717, 1.165) is 11.0 Å². The zero-order chi connectivity index (χ0) is 37.0. The summed E-state index contributed by atoms with van der Waals surface area (Å²) in [4.78, 5) is 8.99. The Kier molecular flexibility index (Phi) is 7.53. The third-order valence-corrected chi connectivity index (χ3v) is 11.4. The molecule has 0 atom stereocenters. The van der Waals surface area contributed by atoms with Crippen LogP contribution in [-0.4, -0.2) is 9.97 Å². The van der Waals surface area contributed by atoms with Crippen molar-refractivity contribution in [1.82, 2.24) is 9.97 Å². The maximum atomic E-state index is 4.50. The average molecular weight is 711 g/mol. The van der Waals surface area contributed by atoms with Gasteiger partial charge in [0, 0.05) is 23.2 Å². The van der Waals surface area contributed by atoms with Gasteiger partial charge in [-0.1, -0.05) is 194 Å². The van der Waals surface area contributed by atoms with E-state index in [-0.39, 0.29) is 0 Å². The predicted octanol–water partition coefficient (Wildman–Crippen LogP) is 14.8. The molecule has 0 saturated carbocycles. The van der Waals surface area contributed by atoms with E-state index < -0.39 is 0 Å².